The monoisotopic (exact) mass is 248 g/mol. The molecule has 0 spiro atoms. The Labute approximate surface area is 105 Å². The largest absolute Gasteiger partial charge is 0.491 e. The summed E-state index contributed by atoms with van der Waals surface area (Å²) in [5, 5.41) is 10.3. The zero-order valence-corrected chi connectivity index (χ0v) is 10.5. The Morgan fingerprint density at radius 3 is 2.89 bits per heavy atom. The molecule has 4 nitrogen and oxygen atoms in total. The highest BCUT2D eigenvalue weighted by atomic mass is 16.5. The van der Waals surface area contributed by atoms with Crippen LogP contribution < -0.4 is 10.4 Å². The number of ether oxygens (including phenoxy) is 1. The van der Waals surface area contributed by atoms with Crippen molar-refractivity contribution in [3.05, 3.63) is 40.2 Å². The molecule has 1 aromatic heterocycles. The van der Waals surface area contributed by atoms with Crippen LogP contribution in [0.25, 0.3) is 11.0 Å². The van der Waals surface area contributed by atoms with E-state index >= 15 is 0 Å². The van der Waals surface area contributed by atoms with E-state index < -0.39 is 6.10 Å². The van der Waals surface area contributed by atoms with Crippen molar-refractivity contribution >= 4 is 11.0 Å². The molecule has 0 aliphatic rings. The highest BCUT2D eigenvalue weighted by Crippen LogP contribution is 2.22. The van der Waals surface area contributed by atoms with E-state index in [2.05, 4.69) is 0 Å². The van der Waals surface area contributed by atoms with E-state index in [0.29, 0.717) is 17.8 Å². The second kappa shape index (κ2) is 5.23. The Morgan fingerprint density at radius 1 is 1.39 bits per heavy atom. The fourth-order valence-corrected chi connectivity index (χ4v) is 1.70. The van der Waals surface area contributed by atoms with Crippen molar-refractivity contribution in [1.82, 2.24) is 0 Å². The number of aryl methyl sites for hydroxylation is 1. The first-order chi connectivity index (χ1) is 8.60. The van der Waals surface area contributed by atoms with Gasteiger partial charge in [-0.1, -0.05) is 6.92 Å². The molecule has 4 heteroatoms. The third-order valence-corrected chi connectivity index (χ3v) is 2.83. The minimum absolute atomic E-state index is 0.262. The molecule has 0 bridgehead atoms. The molecule has 1 heterocycles. The zero-order valence-electron chi connectivity index (χ0n) is 10.5. The Morgan fingerprint density at radius 2 is 2.17 bits per heavy atom. The molecule has 1 N–H and O–H groups in total. The fraction of sp³-hybridized carbons (Fsp3) is 0.357. The molecule has 18 heavy (non-hydrogen) atoms. The average molecular weight is 248 g/mol. The molecule has 0 aliphatic heterocycles. The van der Waals surface area contributed by atoms with Gasteiger partial charge in [-0.25, -0.2) is 4.79 Å². The highest BCUT2D eigenvalue weighted by molar-refractivity contribution is 5.81. The fourth-order valence-electron chi connectivity index (χ4n) is 1.70. The van der Waals surface area contributed by atoms with Gasteiger partial charge in [-0.2, -0.15) is 0 Å². The van der Waals surface area contributed by atoms with Crippen molar-refractivity contribution in [2.75, 3.05) is 6.61 Å². The Kier molecular flexibility index (Phi) is 3.67. The van der Waals surface area contributed by atoms with Crippen molar-refractivity contribution in [2.24, 2.45) is 0 Å². The number of rotatable bonds is 4. The van der Waals surface area contributed by atoms with Gasteiger partial charge in [0.05, 0.1) is 6.10 Å². The molecule has 96 valence electrons. The smallest absolute Gasteiger partial charge is 0.336 e. The van der Waals surface area contributed by atoms with Gasteiger partial charge in [0.2, 0.25) is 0 Å². The molecule has 0 saturated carbocycles. The molecule has 0 unspecified atom stereocenters. The molecule has 1 aromatic carbocycles. The lowest BCUT2D eigenvalue weighted by Crippen LogP contribution is -2.15. The van der Waals surface area contributed by atoms with Gasteiger partial charge in [-0.05, 0) is 37.1 Å². The van der Waals surface area contributed by atoms with Gasteiger partial charge >= 0.3 is 5.63 Å². The maximum atomic E-state index is 11.2. The summed E-state index contributed by atoms with van der Waals surface area (Å²) in [6, 6.07) is 6.70. The summed E-state index contributed by atoms with van der Waals surface area (Å²) in [7, 11) is 0. The first-order valence-electron chi connectivity index (χ1n) is 5.95. The number of aliphatic hydroxyl groups excluding tert-OH is 1. The van der Waals surface area contributed by atoms with Gasteiger partial charge in [0.15, 0.2) is 0 Å². The van der Waals surface area contributed by atoms with Crippen molar-refractivity contribution < 1.29 is 14.3 Å². The lowest BCUT2D eigenvalue weighted by atomic mass is 10.1. The van der Waals surface area contributed by atoms with Gasteiger partial charge in [0.25, 0.3) is 0 Å². The molecule has 0 saturated heterocycles. The lowest BCUT2D eigenvalue weighted by molar-refractivity contribution is 0.104. The summed E-state index contributed by atoms with van der Waals surface area (Å²) in [6.45, 7) is 4.01. The summed E-state index contributed by atoms with van der Waals surface area (Å²) in [5.74, 6) is 0.659. The average Bonchev–Trinajstić information content (AvgIpc) is 2.36. The first-order valence-corrected chi connectivity index (χ1v) is 5.95. The third-order valence-electron chi connectivity index (χ3n) is 2.83. The highest BCUT2D eigenvalue weighted by Gasteiger charge is 2.06. The number of fused-ring (bicyclic) bond motifs is 1. The predicted molar refractivity (Wildman–Crippen MR) is 69.0 cm³/mol. The SMILES string of the molecule is CC[C@@H](O)COc1ccc2oc(=O)cc(C)c2c1. The second-order valence-electron chi connectivity index (χ2n) is 4.28. The van der Waals surface area contributed by atoms with Crippen LogP contribution in [0, 0.1) is 6.92 Å². The van der Waals surface area contributed by atoms with Gasteiger partial charge in [0, 0.05) is 11.5 Å². The van der Waals surface area contributed by atoms with E-state index in [0.717, 1.165) is 10.9 Å². The summed E-state index contributed by atoms with van der Waals surface area (Å²) in [5.41, 5.74) is 1.04. The van der Waals surface area contributed by atoms with Crippen LogP contribution in [0.15, 0.2) is 33.5 Å². The normalized spacial score (nSPS) is 12.6. The number of hydrogen-bond donors (Lipinski definition) is 1. The van der Waals surface area contributed by atoms with E-state index in [9.17, 15) is 9.90 Å². The predicted octanol–water partition coefficient (Wildman–Crippen LogP) is 2.25. The molecular weight excluding hydrogens is 232 g/mol. The van der Waals surface area contributed by atoms with Crippen LogP contribution in [0.2, 0.25) is 0 Å². The van der Waals surface area contributed by atoms with Crippen molar-refractivity contribution in [1.29, 1.82) is 0 Å². The Bertz CT molecular complexity index is 600. The molecule has 2 rings (SSSR count). The summed E-state index contributed by atoms with van der Waals surface area (Å²) < 4.78 is 10.6. The van der Waals surface area contributed by atoms with Gasteiger partial charge < -0.3 is 14.3 Å². The van der Waals surface area contributed by atoms with Crippen LogP contribution in [0.5, 0.6) is 5.75 Å². The zero-order chi connectivity index (χ0) is 13.1. The lowest BCUT2D eigenvalue weighted by Gasteiger charge is -2.11. The number of benzene rings is 1. The standard InChI is InChI=1S/C14H16O4/c1-3-10(15)8-17-11-4-5-13-12(7-11)9(2)6-14(16)18-13/h4-7,10,15H,3,8H2,1-2H3/t10-/m1/s1. The van der Waals surface area contributed by atoms with Crippen LogP contribution in [0.3, 0.4) is 0 Å². The van der Waals surface area contributed by atoms with E-state index in [1.165, 1.54) is 6.07 Å². The van der Waals surface area contributed by atoms with Crippen molar-refractivity contribution in [3.8, 4) is 5.75 Å². The van der Waals surface area contributed by atoms with E-state index in [1.54, 1.807) is 12.1 Å². The molecule has 0 radical (unpaired) electrons. The molecule has 0 fully saturated rings. The summed E-state index contributed by atoms with van der Waals surface area (Å²) in [4.78, 5) is 11.2. The third kappa shape index (κ3) is 2.71. The molecular formula is C14H16O4. The number of aliphatic hydroxyl groups is 1. The molecule has 1 atom stereocenters. The van der Waals surface area contributed by atoms with Crippen LogP contribution in [-0.2, 0) is 0 Å². The Hall–Kier alpha value is -1.81. The van der Waals surface area contributed by atoms with Crippen LogP contribution in [0.1, 0.15) is 18.9 Å². The molecule has 2 aromatic rings. The Balaban J connectivity index is 2.30. The quantitative estimate of drug-likeness (QED) is 0.843. The van der Waals surface area contributed by atoms with Crippen molar-refractivity contribution in [3.63, 3.8) is 0 Å². The maximum Gasteiger partial charge on any atom is 0.336 e. The topological polar surface area (TPSA) is 59.7 Å². The van der Waals surface area contributed by atoms with Crippen LogP contribution in [-0.4, -0.2) is 17.8 Å². The van der Waals surface area contributed by atoms with E-state index in [4.69, 9.17) is 9.15 Å². The first kappa shape index (κ1) is 12.6. The van der Waals surface area contributed by atoms with Gasteiger partial charge in [-0.15, -0.1) is 0 Å². The summed E-state index contributed by atoms with van der Waals surface area (Å²) >= 11 is 0. The minimum atomic E-state index is -0.463. The molecule has 0 amide bonds. The van der Waals surface area contributed by atoms with Crippen LogP contribution >= 0.6 is 0 Å². The minimum Gasteiger partial charge on any atom is -0.491 e. The van der Waals surface area contributed by atoms with E-state index in [-0.39, 0.29) is 12.2 Å². The van der Waals surface area contributed by atoms with Gasteiger partial charge in [-0.3, -0.25) is 0 Å². The second-order valence-corrected chi connectivity index (χ2v) is 4.28. The van der Waals surface area contributed by atoms with Crippen LogP contribution in [0.4, 0.5) is 0 Å². The summed E-state index contributed by atoms with van der Waals surface area (Å²) in [6.07, 6.45) is 0.192. The van der Waals surface area contributed by atoms with Gasteiger partial charge in [0.1, 0.15) is 17.9 Å². The van der Waals surface area contributed by atoms with E-state index in [1.807, 2.05) is 19.9 Å². The molecule has 0 aliphatic carbocycles. The maximum absolute atomic E-state index is 11.2. The number of hydrogen-bond acceptors (Lipinski definition) is 4. The van der Waals surface area contributed by atoms with Crippen molar-refractivity contribution in [2.45, 2.75) is 26.4 Å².